The van der Waals surface area contributed by atoms with Crippen LogP contribution in [0.1, 0.15) is 32.5 Å². The first-order valence-electron chi connectivity index (χ1n) is 12.5. The minimum Gasteiger partial charge on any atom is -0.496 e. The Kier molecular flexibility index (Phi) is 7.07. The molecule has 11 heteroatoms. The molecule has 3 aromatic heterocycles. The quantitative estimate of drug-likeness (QED) is 0.275. The maximum atomic E-state index is 13.3. The van der Waals surface area contributed by atoms with Crippen LogP contribution in [0.15, 0.2) is 69.0 Å². The average Bonchev–Trinajstić information content (AvgIpc) is 3.60. The van der Waals surface area contributed by atoms with Crippen molar-refractivity contribution in [3.63, 3.8) is 0 Å². The monoisotopic (exact) mass is 516 g/mol. The summed E-state index contributed by atoms with van der Waals surface area (Å²) in [5.41, 5.74) is 1.51. The summed E-state index contributed by atoms with van der Waals surface area (Å²) in [6, 6.07) is 14.6. The maximum absolute atomic E-state index is 13.3. The van der Waals surface area contributed by atoms with Crippen molar-refractivity contribution in [2.75, 3.05) is 7.11 Å². The van der Waals surface area contributed by atoms with Crippen LogP contribution in [0.5, 0.6) is 11.5 Å². The lowest BCUT2D eigenvalue weighted by molar-refractivity contribution is 0.287. The molecule has 2 aromatic carbocycles. The summed E-state index contributed by atoms with van der Waals surface area (Å²) in [5, 5.41) is 3.99. The van der Waals surface area contributed by atoms with Crippen LogP contribution in [0, 0.1) is 0 Å². The van der Waals surface area contributed by atoms with Crippen molar-refractivity contribution in [3.05, 3.63) is 81.5 Å². The second kappa shape index (κ2) is 10.8. The number of fused-ring (bicyclic) bond motifs is 1. The molecule has 0 aliphatic rings. The van der Waals surface area contributed by atoms with Crippen molar-refractivity contribution in [3.8, 4) is 28.6 Å². The summed E-state index contributed by atoms with van der Waals surface area (Å²) in [6.45, 7) is 4.86. The number of benzene rings is 2. The molecule has 0 spiro atoms. The summed E-state index contributed by atoms with van der Waals surface area (Å²) in [6.07, 6.45) is 3.00. The first kappa shape index (κ1) is 25.0. The third-order valence-electron chi connectivity index (χ3n) is 6.10. The molecule has 0 amide bonds. The molecule has 0 N–H and O–H groups in total. The predicted molar refractivity (Wildman–Crippen MR) is 141 cm³/mol. The SMILES string of the molecule is CCCn1c(=O)c2c(ncn2-c2ccc(OCc3noc(-c4ccccc4OC)n3)cc2)n(CCC)c1=O. The van der Waals surface area contributed by atoms with E-state index < -0.39 is 0 Å². The Balaban J connectivity index is 1.38. The Bertz CT molecular complexity index is 1680. The number of hydrogen-bond acceptors (Lipinski definition) is 8. The van der Waals surface area contributed by atoms with Gasteiger partial charge >= 0.3 is 5.69 Å². The molecule has 196 valence electrons. The van der Waals surface area contributed by atoms with Crippen LogP contribution in [-0.2, 0) is 19.7 Å². The van der Waals surface area contributed by atoms with Gasteiger partial charge in [-0.3, -0.25) is 18.5 Å². The van der Waals surface area contributed by atoms with E-state index in [1.165, 1.54) is 4.57 Å². The van der Waals surface area contributed by atoms with E-state index in [4.69, 9.17) is 14.0 Å². The van der Waals surface area contributed by atoms with E-state index >= 15 is 0 Å². The van der Waals surface area contributed by atoms with E-state index in [1.54, 1.807) is 34.7 Å². The minimum atomic E-state index is -0.347. The lowest BCUT2D eigenvalue weighted by atomic mass is 10.2. The van der Waals surface area contributed by atoms with Crippen LogP contribution in [0.25, 0.3) is 28.3 Å². The van der Waals surface area contributed by atoms with Gasteiger partial charge in [0.05, 0.1) is 12.7 Å². The topological polar surface area (TPSA) is 119 Å². The Morgan fingerprint density at radius 1 is 0.947 bits per heavy atom. The number of rotatable bonds is 10. The van der Waals surface area contributed by atoms with Crippen LogP contribution in [0.3, 0.4) is 0 Å². The van der Waals surface area contributed by atoms with Crippen LogP contribution in [-0.4, -0.2) is 35.9 Å². The van der Waals surface area contributed by atoms with E-state index in [-0.39, 0.29) is 17.9 Å². The molecule has 0 saturated carbocycles. The molecule has 0 bridgehead atoms. The van der Waals surface area contributed by atoms with E-state index in [1.807, 2.05) is 50.2 Å². The summed E-state index contributed by atoms with van der Waals surface area (Å²) in [7, 11) is 1.58. The smallest absolute Gasteiger partial charge is 0.332 e. The lowest BCUT2D eigenvalue weighted by Crippen LogP contribution is -2.40. The van der Waals surface area contributed by atoms with Crippen molar-refractivity contribution in [2.24, 2.45) is 0 Å². The zero-order valence-electron chi connectivity index (χ0n) is 21.5. The van der Waals surface area contributed by atoms with Crippen molar-refractivity contribution in [1.29, 1.82) is 0 Å². The van der Waals surface area contributed by atoms with E-state index in [0.29, 0.717) is 59.5 Å². The third-order valence-corrected chi connectivity index (χ3v) is 6.10. The molecule has 0 fully saturated rings. The largest absolute Gasteiger partial charge is 0.496 e. The third kappa shape index (κ3) is 4.58. The number of ether oxygens (including phenoxy) is 2. The highest BCUT2D eigenvalue weighted by Crippen LogP contribution is 2.28. The second-order valence-electron chi connectivity index (χ2n) is 8.68. The van der Waals surface area contributed by atoms with Crippen LogP contribution in [0.2, 0.25) is 0 Å². The maximum Gasteiger partial charge on any atom is 0.332 e. The fraction of sp³-hybridized carbons (Fsp3) is 0.296. The normalized spacial score (nSPS) is 11.2. The Hall–Kier alpha value is -4.67. The lowest BCUT2D eigenvalue weighted by Gasteiger charge is -2.11. The summed E-state index contributed by atoms with van der Waals surface area (Å²) in [4.78, 5) is 35.0. The fourth-order valence-corrected chi connectivity index (χ4v) is 4.32. The molecule has 5 rings (SSSR count). The molecular weight excluding hydrogens is 488 g/mol. The van der Waals surface area contributed by atoms with Gasteiger partial charge in [-0.05, 0) is 49.2 Å². The van der Waals surface area contributed by atoms with Crippen LogP contribution in [0.4, 0.5) is 0 Å². The van der Waals surface area contributed by atoms with Gasteiger partial charge < -0.3 is 14.0 Å². The number of hydrogen-bond donors (Lipinski definition) is 0. The number of nitrogens with zero attached hydrogens (tertiary/aromatic N) is 6. The summed E-state index contributed by atoms with van der Waals surface area (Å²) < 4.78 is 21.1. The number of aromatic nitrogens is 6. The Labute approximate surface area is 217 Å². The fourth-order valence-electron chi connectivity index (χ4n) is 4.32. The molecule has 0 radical (unpaired) electrons. The summed E-state index contributed by atoms with van der Waals surface area (Å²) in [5.74, 6) is 1.96. The van der Waals surface area contributed by atoms with Crippen LogP contribution < -0.4 is 20.7 Å². The summed E-state index contributed by atoms with van der Waals surface area (Å²) >= 11 is 0. The Morgan fingerprint density at radius 2 is 1.68 bits per heavy atom. The molecule has 3 heterocycles. The molecule has 0 aliphatic carbocycles. The van der Waals surface area contributed by atoms with Gasteiger partial charge in [0.1, 0.15) is 17.8 Å². The molecule has 0 saturated heterocycles. The van der Waals surface area contributed by atoms with Crippen molar-refractivity contribution in [1.82, 2.24) is 28.8 Å². The predicted octanol–water partition coefficient (Wildman–Crippen LogP) is 3.81. The van der Waals surface area contributed by atoms with Crippen molar-refractivity contribution >= 4 is 11.2 Å². The number of para-hydroxylation sites is 1. The van der Waals surface area contributed by atoms with Gasteiger partial charge in [-0.1, -0.05) is 31.1 Å². The molecule has 0 aliphatic heterocycles. The average molecular weight is 517 g/mol. The highest BCUT2D eigenvalue weighted by Gasteiger charge is 2.18. The minimum absolute atomic E-state index is 0.108. The van der Waals surface area contributed by atoms with Gasteiger partial charge in [-0.2, -0.15) is 4.98 Å². The number of imidazole rings is 1. The number of aryl methyl sites for hydroxylation is 1. The highest BCUT2D eigenvalue weighted by atomic mass is 16.5. The van der Waals surface area contributed by atoms with Gasteiger partial charge in [0.25, 0.3) is 11.4 Å². The first-order valence-corrected chi connectivity index (χ1v) is 12.5. The van der Waals surface area contributed by atoms with Gasteiger partial charge in [-0.25, -0.2) is 9.78 Å². The number of methoxy groups -OCH3 is 1. The standard InChI is InChI=1S/C27H28N6O5/c1-4-14-31-24-23(26(34)32(15-5-2)27(31)35)33(17-28-24)18-10-12-19(13-11-18)37-16-22-29-25(38-30-22)20-8-6-7-9-21(20)36-3/h6-13,17H,4-5,14-16H2,1-3H3. The molecule has 5 aromatic rings. The highest BCUT2D eigenvalue weighted by molar-refractivity contribution is 5.73. The zero-order valence-corrected chi connectivity index (χ0v) is 21.5. The van der Waals surface area contributed by atoms with Gasteiger partial charge in [0, 0.05) is 18.8 Å². The van der Waals surface area contributed by atoms with E-state index in [9.17, 15) is 9.59 Å². The van der Waals surface area contributed by atoms with Crippen molar-refractivity contribution < 1.29 is 14.0 Å². The second-order valence-corrected chi connectivity index (χ2v) is 8.68. The van der Waals surface area contributed by atoms with Gasteiger partial charge in [0.2, 0.25) is 5.82 Å². The molecule has 38 heavy (non-hydrogen) atoms. The van der Waals surface area contributed by atoms with E-state index in [0.717, 1.165) is 12.1 Å². The molecule has 0 atom stereocenters. The van der Waals surface area contributed by atoms with Gasteiger partial charge in [0.15, 0.2) is 17.8 Å². The Morgan fingerprint density at radius 3 is 2.42 bits per heavy atom. The van der Waals surface area contributed by atoms with E-state index in [2.05, 4.69) is 15.1 Å². The molecular formula is C27H28N6O5. The van der Waals surface area contributed by atoms with Crippen LogP contribution >= 0.6 is 0 Å². The van der Waals surface area contributed by atoms with Crippen molar-refractivity contribution in [2.45, 2.75) is 46.4 Å². The molecule has 11 nitrogen and oxygen atoms in total. The zero-order chi connectivity index (χ0) is 26.6. The first-order chi connectivity index (χ1) is 18.5. The molecule has 0 unspecified atom stereocenters. The van der Waals surface area contributed by atoms with Gasteiger partial charge in [-0.15, -0.1) is 0 Å².